The summed E-state index contributed by atoms with van der Waals surface area (Å²) in [5.74, 6) is 0. The number of rotatable bonds is 6. The molecule has 0 aromatic carbocycles. The van der Waals surface area contributed by atoms with E-state index in [-0.39, 0.29) is 22.6 Å². The number of hydrogen-bond acceptors (Lipinski definition) is 4. The van der Waals surface area contributed by atoms with Crippen LogP contribution >= 0.6 is 0 Å². The monoisotopic (exact) mass is 358 g/mol. The Bertz CT molecular complexity index is 461. The molecule has 0 saturated heterocycles. The summed E-state index contributed by atoms with van der Waals surface area (Å²) < 4.78 is 48.4. The molecular formula is C14H34N2O4S2. The molecule has 0 spiro atoms. The van der Waals surface area contributed by atoms with E-state index in [1.54, 1.807) is 41.8 Å². The van der Waals surface area contributed by atoms with E-state index in [9.17, 15) is 16.8 Å². The van der Waals surface area contributed by atoms with Gasteiger partial charge in [0.1, 0.15) is 0 Å². The molecule has 0 N–H and O–H groups in total. The van der Waals surface area contributed by atoms with Crippen LogP contribution in [0.2, 0.25) is 0 Å². The molecule has 0 aromatic heterocycles. The molecule has 0 radical (unpaired) electrons. The zero-order valence-corrected chi connectivity index (χ0v) is 17.3. The van der Waals surface area contributed by atoms with Gasteiger partial charge < -0.3 is 0 Å². The molecule has 0 atom stereocenters. The second kappa shape index (κ2) is 9.20. The van der Waals surface area contributed by atoms with Crippen LogP contribution in [0.15, 0.2) is 0 Å². The predicted molar refractivity (Wildman–Crippen MR) is 93.9 cm³/mol. The van der Waals surface area contributed by atoms with Crippen molar-refractivity contribution in [3.63, 3.8) is 0 Å². The maximum absolute atomic E-state index is 11.4. The molecule has 22 heavy (non-hydrogen) atoms. The molecule has 136 valence electrons. The van der Waals surface area contributed by atoms with Crippen molar-refractivity contribution < 1.29 is 16.8 Å². The third-order valence-electron chi connectivity index (χ3n) is 3.45. The van der Waals surface area contributed by atoms with Gasteiger partial charge in [-0.1, -0.05) is 0 Å². The van der Waals surface area contributed by atoms with Gasteiger partial charge in [-0.05, 0) is 55.4 Å². The number of hydrogen-bond donors (Lipinski definition) is 0. The Morgan fingerprint density at radius 3 is 0.773 bits per heavy atom. The van der Waals surface area contributed by atoms with E-state index in [2.05, 4.69) is 0 Å². The molecule has 0 rings (SSSR count). The van der Waals surface area contributed by atoms with Gasteiger partial charge in [0.05, 0.1) is 10.5 Å². The van der Waals surface area contributed by atoms with Crippen LogP contribution in [0.1, 0.15) is 55.4 Å². The zero-order valence-electron chi connectivity index (χ0n) is 15.7. The highest BCUT2D eigenvalue weighted by atomic mass is 32.2. The van der Waals surface area contributed by atoms with E-state index in [4.69, 9.17) is 0 Å². The molecule has 0 aromatic rings. The number of sulfonamides is 2. The summed E-state index contributed by atoms with van der Waals surface area (Å²) in [6.45, 7) is 14.2. The smallest absolute Gasteiger partial charge is 0.212 e. The van der Waals surface area contributed by atoms with Crippen LogP contribution in [-0.4, -0.2) is 62.1 Å². The fourth-order valence-corrected chi connectivity index (χ4v) is 3.76. The van der Waals surface area contributed by atoms with Crippen LogP contribution < -0.4 is 0 Å². The Kier molecular flexibility index (Phi) is 10.1. The van der Waals surface area contributed by atoms with Crippen molar-refractivity contribution in [3.05, 3.63) is 0 Å². The fraction of sp³-hybridized carbons (Fsp3) is 1.00. The minimum absolute atomic E-state index is 0.0439. The van der Waals surface area contributed by atoms with Gasteiger partial charge >= 0.3 is 0 Å². The highest BCUT2D eigenvalue weighted by molar-refractivity contribution is 7.89. The van der Waals surface area contributed by atoms with Crippen molar-refractivity contribution in [1.82, 2.24) is 8.61 Å². The van der Waals surface area contributed by atoms with Crippen molar-refractivity contribution >= 4 is 20.0 Å². The summed E-state index contributed by atoms with van der Waals surface area (Å²) in [7, 11) is -2.86. The normalized spacial score (nSPS) is 13.5. The second-order valence-electron chi connectivity index (χ2n) is 6.41. The minimum Gasteiger partial charge on any atom is -0.212 e. The highest BCUT2D eigenvalue weighted by Crippen LogP contribution is 2.09. The van der Waals surface area contributed by atoms with E-state index in [0.29, 0.717) is 0 Å². The maximum Gasteiger partial charge on any atom is 0.216 e. The lowest BCUT2D eigenvalue weighted by Gasteiger charge is -2.22. The lowest BCUT2D eigenvalue weighted by atomic mass is 10.4. The molecule has 0 heterocycles. The molecule has 0 saturated carbocycles. The van der Waals surface area contributed by atoms with E-state index >= 15 is 0 Å². The predicted octanol–water partition coefficient (Wildman–Crippen LogP) is 2.13. The summed E-state index contributed by atoms with van der Waals surface area (Å²) in [5, 5.41) is -0.648. The highest BCUT2D eigenvalue weighted by Gasteiger charge is 2.24. The van der Waals surface area contributed by atoms with Gasteiger partial charge in [0.15, 0.2) is 0 Å². The Hall–Kier alpha value is -0.180. The average molecular weight is 359 g/mol. The zero-order chi connectivity index (χ0) is 18.5. The van der Waals surface area contributed by atoms with Gasteiger partial charge in [0.2, 0.25) is 20.0 Å². The Labute approximate surface area is 138 Å². The lowest BCUT2D eigenvalue weighted by Crippen LogP contribution is -2.37. The van der Waals surface area contributed by atoms with Gasteiger partial charge in [-0.3, -0.25) is 0 Å². The molecule has 0 bridgehead atoms. The van der Waals surface area contributed by atoms with Crippen molar-refractivity contribution in [2.75, 3.05) is 14.1 Å². The van der Waals surface area contributed by atoms with Crippen LogP contribution in [0.25, 0.3) is 0 Å². The van der Waals surface area contributed by atoms with Crippen molar-refractivity contribution in [2.24, 2.45) is 0 Å². The molecule has 0 aliphatic rings. The van der Waals surface area contributed by atoms with Crippen LogP contribution in [0.3, 0.4) is 0 Å². The Morgan fingerprint density at radius 1 is 0.545 bits per heavy atom. The first-order valence-corrected chi connectivity index (χ1v) is 10.5. The van der Waals surface area contributed by atoms with E-state index in [1.807, 2.05) is 27.7 Å². The van der Waals surface area contributed by atoms with E-state index in [1.165, 1.54) is 8.61 Å². The first-order chi connectivity index (χ1) is 9.59. The average Bonchev–Trinajstić information content (AvgIpc) is 2.36. The Morgan fingerprint density at radius 2 is 0.727 bits per heavy atom. The maximum atomic E-state index is 11.4. The van der Waals surface area contributed by atoms with Crippen LogP contribution in [0.5, 0.6) is 0 Å². The molecule has 8 heteroatoms. The first kappa shape index (κ1) is 24.1. The summed E-state index contributed by atoms with van der Waals surface area (Å²) in [6.07, 6.45) is 0. The molecule has 6 nitrogen and oxygen atoms in total. The topological polar surface area (TPSA) is 74.8 Å². The van der Waals surface area contributed by atoms with E-state index < -0.39 is 20.0 Å². The molecular weight excluding hydrogens is 324 g/mol. The summed E-state index contributed by atoms with van der Waals surface area (Å²) in [6, 6.07) is 0.0878. The Balaban J connectivity index is 0. The third-order valence-corrected chi connectivity index (χ3v) is 8.28. The van der Waals surface area contributed by atoms with Gasteiger partial charge in [-0.15, -0.1) is 0 Å². The number of nitrogens with zero attached hydrogens (tertiary/aromatic N) is 2. The third kappa shape index (κ3) is 6.93. The lowest BCUT2D eigenvalue weighted by molar-refractivity contribution is 0.405. The first-order valence-electron chi connectivity index (χ1n) is 7.53. The fourth-order valence-electron chi connectivity index (χ4n) is 1.25. The van der Waals surface area contributed by atoms with E-state index in [0.717, 1.165) is 0 Å². The quantitative estimate of drug-likeness (QED) is 0.729. The SMILES string of the molecule is CC(C)N(C)S(=O)(=O)C(C)C.CC(C)N(C)S(=O)(=O)C(C)C. The second-order valence-corrected chi connectivity index (χ2v) is 11.5. The van der Waals surface area contributed by atoms with Crippen LogP contribution in [0.4, 0.5) is 0 Å². The van der Waals surface area contributed by atoms with Gasteiger partial charge in [0, 0.05) is 26.2 Å². The standard InChI is InChI=1S/2C7H17NO2S/c2*1-6(2)8(5)11(9,10)7(3)4/h2*6-7H,1-5H3. The van der Waals surface area contributed by atoms with Crippen LogP contribution in [-0.2, 0) is 20.0 Å². The molecule has 0 aliphatic carbocycles. The largest absolute Gasteiger partial charge is 0.216 e. The van der Waals surface area contributed by atoms with Crippen molar-refractivity contribution in [2.45, 2.75) is 78.0 Å². The molecule has 0 unspecified atom stereocenters. The van der Waals surface area contributed by atoms with Gasteiger partial charge in [-0.25, -0.2) is 25.4 Å². The summed E-state index contributed by atoms with van der Waals surface area (Å²) >= 11 is 0. The van der Waals surface area contributed by atoms with Crippen molar-refractivity contribution in [1.29, 1.82) is 0 Å². The van der Waals surface area contributed by atoms with Crippen molar-refractivity contribution in [3.8, 4) is 0 Å². The van der Waals surface area contributed by atoms with Gasteiger partial charge in [-0.2, -0.15) is 0 Å². The molecule has 0 aliphatic heterocycles. The summed E-state index contributed by atoms with van der Waals surface area (Å²) in [5.41, 5.74) is 0. The summed E-state index contributed by atoms with van der Waals surface area (Å²) in [4.78, 5) is 0. The van der Waals surface area contributed by atoms with Crippen LogP contribution in [0, 0.1) is 0 Å². The molecule has 0 amide bonds. The van der Waals surface area contributed by atoms with Gasteiger partial charge in [0.25, 0.3) is 0 Å². The minimum atomic E-state index is -3.04. The molecule has 0 fully saturated rings.